The highest BCUT2D eigenvalue weighted by Gasteiger charge is 2.25. The molecule has 98 valence electrons. The van der Waals surface area contributed by atoms with Crippen molar-refractivity contribution in [3.05, 3.63) is 28.8 Å². The van der Waals surface area contributed by atoms with E-state index < -0.39 is 0 Å². The number of rotatable bonds is 2. The molecule has 0 aliphatic carbocycles. The molecule has 1 aromatic rings. The Morgan fingerprint density at radius 1 is 0.944 bits per heavy atom. The zero-order valence-electron chi connectivity index (χ0n) is 10.2. The Balaban J connectivity index is 1.95. The molecule has 0 atom stereocenters. The van der Waals surface area contributed by atoms with Crippen LogP contribution in [0.3, 0.4) is 0 Å². The molecule has 1 nitrogen and oxygen atoms in total. The second kappa shape index (κ2) is 5.81. The van der Waals surface area contributed by atoms with E-state index >= 15 is 0 Å². The molecule has 1 N–H and O–H groups in total. The second-order valence-corrected chi connectivity index (χ2v) is 9.87. The van der Waals surface area contributed by atoms with Gasteiger partial charge in [-0.15, -0.1) is 47.0 Å². The molecule has 2 heterocycles. The molecule has 2 aliphatic heterocycles. The Morgan fingerprint density at radius 2 is 1.50 bits per heavy atom. The Bertz CT molecular complexity index is 437. The first-order chi connectivity index (χ1) is 8.75. The van der Waals surface area contributed by atoms with Crippen molar-refractivity contribution in [2.75, 3.05) is 23.0 Å². The summed E-state index contributed by atoms with van der Waals surface area (Å²) in [4.78, 5) is 0. The number of hydrogen-bond donors (Lipinski definition) is 1. The molecule has 3 rings (SSSR count). The fourth-order valence-corrected chi connectivity index (χ4v) is 7.94. The lowest BCUT2D eigenvalue weighted by atomic mass is 10.1. The fourth-order valence-electron chi connectivity index (χ4n) is 2.24. The van der Waals surface area contributed by atoms with E-state index in [9.17, 15) is 5.11 Å². The molecule has 0 saturated carbocycles. The second-order valence-electron chi connectivity index (χ2n) is 4.42. The summed E-state index contributed by atoms with van der Waals surface area (Å²) >= 11 is 7.98. The molecule has 0 aromatic heterocycles. The van der Waals surface area contributed by atoms with Gasteiger partial charge in [0.15, 0.2) is 0 Å². The van der Waals surface area contributed by atoms with Crippen LogP contribution in [0, 0.1) is 6.92 Å². The van der Waals surface area contributed by atoms with Crippen molar-refractivity contribution in [3.8, 4) is 5.75 Å². The molecular formula is C13H16OS4. The zero-order chi connectivity index (χ0) is 12.5. The molecule has 1 aromatic carbocycles. The van der Waals surface area contributed by atoms with Crippen molar-refractivity contribution >= 4 is 47.0 Å². The molecule has 2 fully saturated rings. The van der Waals surface area contributed by atoms with E-state index in [0.29, 0.717) is 14.9 Å². The number of benzene rings is 1. The van der Waals surface area contributed by atoms with E-state index in [2.05, 4.69) is 12.1 Å². The summed E-state index contributed by atoms with van der Waals surface area (Å²) in [7, 11) is 0. The summed E-state index contributed by atoms with van der Waals surface area (Å²) in [6.07, 6.45) is 0. The summed E-state index contributed by atoms with van der Waals surface area (Å²) in [5.74, 6) is 5.41. The molecule has 0 radical (unpaired) electrons. The van der Waals surface area contributed by atoms with E-state index in [4.69, 9.17) is 0 Å². The fraction of sp³-hybridized carbons (Fsp3) is 0.538. The maximum atomic E-state index is 10.3. The van der Waals surface area contributed by atoms with Crippen LogP contribution in [-0.4, -0.2) is 28.1 Å². The largest absolute Gasteiger partial charge is 0.507 e. The smallest absolute Gasteiger partial charge is 0.123 e. The van der Waals surface area contributed by atoms with Crippen LogP contribution in [0.2, 0.25) is 0 Å². The van der Waals surface area contributed by atoms with Crippen molar-refractivity contribution < 1.29 is 5.11 Å². The monoisotopic (exact) mass is 316 g/mol. The highest BCUT2D eigenvalue weighted by Crippen LogP contribution is 2.52. The van der Waals surface area contributed by atoms with Crippen LogP contribution < -0.4 is 0 Å². The van der Waals surface area contributed by atoms with Gasteiger partial charge in [-0.25, -0.2) is 0 Å². The minimum absolute atomic E-state index is 0.431. The first-order valence-corrected chi connectivity index (χ1v) is 10.2. The maximum absolute atomic E-state index is 10.3. The average Bonchev–Trinajstić information content (AvgIpc) is 3.03. The molecule has 18 heavy (non-hydrogen) atoms. The standard InChI is InChI=1S/C13H16OS4/c1-8-6-9(12-15-2-3-16-12)7-10(11(8)14)13-17-4-5-18-13/h6-7,12-14H,2-5H2,1H3. The number of phenols is 1. The van der Waals surface area contributed by atoms with Gasteiger partial charge in [0.2, 0.25) is 0 Å². The van der Waals surface area contributed by atoms with E-state index in [-0.39, 0.29) is 0 Å². The van der Waals surface area contributed by atoms with Crippen LogP contribution in [0.15, 0.2) is 12.1 Å². The van der Waals surface area contributed by atoms with Crippen molar-refractivity contribution in [1.29, 1.82) is 0 Å². The van der Waals surface area contributed by atoms with Crippen molar-refractivity contribution in [3.63, 3.8) is 0 Å². The summed E-state index contributed by atoms with van der Waals surface area (Å²) in [6, 6.07) is 4.41. The Hall–Kier alpha value is 0.420. The first-order valence-electron chi connectivity index (χ1n) is 6.05. The van der Waals surface area contributed by atoms with Gasteiger partial charge in [0.25, 0.3) is 0 Å². The molecular weight excluding hydrogens is 300 g/mol. The third kappa shape index (κ3) is 2.65. The van der Waals surface area contributed by atoms with E-state index in [1.165, 1.54) is 28.6 Å². The van der Waals surface area contributed by atoms with Gasteiger partial charge in [0, 0.05) is 28.6 Å². The number of hydrogen-bond acceptors (Lipinski definition) is 5. The maximum Gasteiger partial charge on any atom is 0.123 e. The van der Waals surface area contributed by atoms with E-state index in [0.717, 1.165) is 11.1 Å². The summed E-state index contributed by atoms with van der Waals surface area (Å²) in [5, 5.41) is 10.3. The van der Waals surface area contributed by atoms with Gasteiger partial charge in [-0.1, -0.05) is 6.07 Å². The minimum atomic E-state index is 0.431. The zero-order valence-corrected chi connectivity index (χ0v) is 13.5. The van der Waals surface area contributed by atoms with Gasteiger partial charge < -0.3 is 5.11 Å². The van der Waals surface area contributed by atoms with Crippen LogP contribution >= 0.6 is 47.0 Å². The quantitative estimate of drug-likeness (QED) is 0.854. The van der Waals surface area contributed by atoms with Crippen LogP contribution in [-0.2, 0) is 0 Å². The van der Waals surface area contributed by atoms with E-state index in [1.54, 1.807) is 0 Å². The van der Waals surface area contributed by atoms with Crippen molar-refractivity contribution in [2.45, 2.75) is 16.1 Å². The third-order valence-electron chi connectivity index (χ3n) is 3.12. The first kappa shape index (κ1) is 13.4. The van der Waals surface area contributed by atoms with E-state index in [1.807, 2.05) is 54.0 Å². The Labute approximate surface area is 125 Å². The van der Waals surface area contributed by atoms with Crippen molar-refractivity contribution in [2.24, 2.45) is 0 Å². The Kier molecular flexibility index (Phi) is 4.33. The highest BCUT2D eigenvalue weighted by atomic mass is 32.2. The number of aryl methyl sites for hydroxylation is 1. The number of thioether (sulfide) groups is 4. The van der Waals surface area contributed by atoms with Gasteiger partial charge in [0.1, 0.15) is 5.75 Å². The topological polar surface area (TPSA) is 20.2 Å². The molecule has 0 bridgehead atoms. The summed E-state index contributed by atoms with van der Waals surface area (Å²) in [5.41, 5.74) is 3.57. The average molecular weight is 317 g/mol. The highest BCUT2D eigenvalue weighted by molar-refractivity contribution is 8.19. The van der Waals surface area contributed by atoms with Crippen LogP contribution in [0.5, 0.6) is 5.75 Å². The molecule has 5 heteroatoms. The van der Waals surface area contributed by atoms with Gasteiger partial charge in [-0.3, -0.25) is 0 Å². The molecule has 2 saturated heterocycles. The number of phenolic OH excluding ortho intramolecular Hbond substituents is 1. The van der Waals surface area contributed by atoms with Gasteiger partial charge in [0.05, 0.1) is 9.16 Å². The predicted octanol–water partition coefficient (Wildman–Crippen LogP) is 4.66. The van der Waals surface area contributed by atoms with Crippen LogP contribution in [0.4, 0.5) is 0 Å². The predicted molar refractivity (Wildman–Crippen MR) is 88.2 cm³/mol. The lowest BCUT2D eigenvalue weighted by Gasteiger charge is -2.17. The molecule has 2 aliphatic rings. The lowest BCUT2D eigenvalue weighted by Crippen LogP contribution is -1.94. The third-order valence-corrected chi connectivity index (χ3v) is 9.29. The Morgan fingerprint density at radius 3 is 2.11 bits per heavy atom. The normalized spacial score (nSPS) is 21.8. The number of aromatic hydroxyl groups is 1. The summed E-state index contributed by atoms with van der Waals surface area (Å²) < 4.78 is 1.000. The molecule has 0 unspecified atom stereocenters. The van der Waals surface area contributed by atoms with Crippen LogP contribution in [0.1, 0.15) is 25.9 Å². The summed E-state index contributed by atoms with van der Waals surface area (Å²) in [6.45, 7) is 2.02. The minimum Gasteiger partial charge on any atom is -0.507 e. The van der Waals surface area contributed by atoms with Gasteiger partial charge in [-0.2, -0.15) is 0 Å². The van der Waals surface area contributed by atoms with Crippen LogP contribution in [0.25, 0.3) is 0 Å². The lowest BCUT2D eigenvalue weighted by molar-refractivity contribution is 0.466. The van der Waals surface area contributed by atoms with Gasteiger partial charge in [-0.05, 0) is 24.1 Å². The van der Waals surface area contributed by atoms with Crippen molar-refractivity contribution in [1.82, 2.24) is 0 Å². The molecule has 0 spiro atoms. The SMILES string of the molecule is Cc1cc(C2SCCS2)cc(C2SCCS2)c1O. The van der Waals surface area contributed by atoms with Gasteiger partial charge >= 0.3 is 0 Å². The molecule has 0 amide bonds.